The van der Waals surface area contributed by atoms with Crippen molar-refractivity contribution in [3.8, 4) is 5.69 Å². The van der Waals surface area contributed by atoms with E-state index in [0.29, 0.717) is 6.54 Å². The van der Waals surface area contributed by atoms with Gasteiger partial charge < -0.3 is 9.73 Å². The molecule has 1 N–H and O–H groups in total. The third kappa shape index (κ3) is 4.89. The Kier molecular flexibility index (Phi) is 6.31. The summed E-state index contributed by atoms with van der Waals surface area (Å²) in [5.41, 5.74) is 1.01. The van der Waals surface area contributed by atoms with Gasteiger partial charge in [-0.15, -0.1) is 10.2 Å². The Bertz CT molecular complexity index is 920. The molecule has 1 saturated heterocycles. The van der Waals surface area contributed by atoms with Gasteiger partial charge in [0.15, 0.2) is 11.0 Å². The van der Waals surface area contributed by atoms with Gasteiger partial charge in [-0.1, -0.05) is 30.0 Å². The Morgan fingerprint density at radius 3 is 2.69 bits per heavy atom. The van der Waals surface area contributed by atoms with Gasteiger partial charge in [0.1, 0.15) is 5.76 Å². The molecule has 7 nitrogen and oxygen atoms in total. The normalized spacial score (nSPS) is 15.5. The number of benzene rings is 1. The molecule has 2 aromatic heterocycles. The summed E-state index contributed by atoms with van der Waals surface area (Å²) in [4.78, 5) is 14.9. The van der Waals surface area contributed by atoms with Crippen LogP contribution in [0.5, 0.6) is 0 Å². The van der Waals surface area contributed by atoms with Crippen molar-refractivity contribution in [1.29, 1.82) is 0 Å². The van der Waals surface area contributed by atoms with E-state index in [2.05, 4.69) is 25.0 Å². The minimum atomic E-state index is -0.309. The van der Waals surface area contributed by atoms with Crippen LogP contribution >= 0.6 is 11.8 Å². The number of carbonyl (C=O) groups excluding carboxylic acids is 1. The van der Waals surface area contributed by atoms with Crippen molar-refractivity contribution in [1.82, 2.24) is 25.0 Å². The maximum Gasteiger partial charge on any atom is 0.233 e. The molecule has 0 saturated carbocycles. The van der Waals surface area contributed by atoms with Crippen LogP contribution in [0, 0.1) is 0 Å². The maximum atomic E-state index is 12.5. The largest absolute Gasteiger partial charge is 0.467 e. The van der Waals surface area contributed by atoms with Crippen LogP contribution in [0.3, 0.4) is 0 Å². The molecule has 3 heterocycles. The van der Waals surface area contributed by atoms with Gasteiger partial charge in [-0.2, -0.15) is 0 Å². The number of para-hydroxylation sites is 1. The standard InChI is InChI=1S/C21H25N5O2S/c1-16(20(27)22-14-18-10-7-13-28-18)29-21-24-23-19(15-25-11-5-6-12-25)26(21)17-8-3-2-4-9-17/h2-4,7-10,13,16H,5-6,11-12,14-15H2,1H3,(H,22,27)/t16-/m1/s1. The molecule has 152 valence electrons. The molecule has 4 rings (SSSR count). The first-order valence-electron chi connectivity index (χ1n) is 9.89. The van der Waals surface area contributed by atoms with Crippen molar-refractivity contribution in [2.75, 3.05) is 13.1 Å². The van der Waals surface area contributed by atoms with Gasteiger partial charge in [0.05, 0.1) is 24.6 Å². The predicted octanol–water partition coefficient (Wildman–Crippen LogP) is 3.25. The number of hydrogen-bond donors (Lipinski definition) is 1. The number of nitrogens with zero attached hydrogens (tertiary/aromatic N) is 4. The van der Waals surface area contributed by atoms with Crippen LogP contribution in [0.4, 0.5) is 0 Å². The zero-order valence-electron chi connectivity index (χ0n) is 16.5. The highest BCUT2D eigenvalue weighted by atomic mass is 32.2. The maximum absolute atomic E-state index is 12.5. The molecule has 0 unspecified atom stereocenters. The molecular weight excluding hydrogens is 386 g/mol. The van der Waals surface area contributed by atoms with Gasteiger partial charge in [-0.3, -0.25) is 14.3 Å². The second kappa shape index (κ2) is 9.28. The summed E-state index contributed by atoms with van der Waals surface area (Å²) in [5, 5.41) is 12.2. The molecular formula is C21H25N5O2S. The lowest BCUT2D eigenvalue weighted by atomic mass is 10.3. The third-order valence-corrected chi connectivity index (χ3v) is 5.99. The highest BCUT2D eigenvalue weighted by Gasteiger charge is 2.23. The van der Waals surface area contributed by atoms with Crippen molar-refractivity contribution >= 4 is 17.7 Å². The van der Waals surface area contributed by atoms with E-state index in [-0.39, 0.29) is 11.2 Å². The van der Waals surface area contributed by atoms with Gasteiger partial charge in [-0.05, 0) is 57.1 Å². The average Bonchev–Trinajstić information content (AvgIpc) is 3.50. The molecule has 8 heteroatoms. The SMILES string of the molecule is C[C@@H](Sc1nnc(CN2CCCC2)n1-c1ccccc1)C(=O)NCc1ccco1. The summed E-state index contributed by atoms with van der Waals surface area (Å²) in [6.45, 7) is 5.21. The number of nitrogens with one attached hydrogen (secondary N) is 1. The second-order valence-corrected chi connectivity index (χ2v) is 8.42. The number of amides is 1. The average molecular weight is 412 g/mol. The van der Waals surface area contributed by atoms with Crippen LogP contribution in [0.2, 0.25) is 0 Å². The van der Waals surface area contributed by atoms with Crippen LogP contribution in [0.1, 0.15) is 31.4 Å². The van der Waals surface area contributed by atoms with E-state index in [1.54, 1.807) is 6.26 Å². The zero-order valence-corrected chi connectivity index (χ0v) is 17.3. The molecule has 1 aliphatic heterocycles. The van der Waals surface area contributed by atoms with Gasteiger partial charge in [-0.25, -0.2) is 0 Å². The Labute approximate surface area is 174 Å². The Hall–Kier alpha value is -2.58. The Morgan fingerprint density at radius 1 is 1.17 bits per heavy atom. The van der Waals surface area contributed by atoms with Gasteiger partial charge in [0.2, 0.25) is 5.91 Å². The Balaban J connectivity index is 1.49. The van der Waals surface area contributed by atoms with E-state index < -0.39 is 0 Å². The number of rotatable bonds is 8. The number of thioether (sulfide) groups is 1. The first-order chi connectivity index (χ1) is 14.2. The van der Waals surface area contributed by atoms with E-state index in [9.17, 15) is 4.79 Å². The van der Waals surface area contributed by atoms with E-state index in [4.69, 9.17) is 4.42 Å². The van der Waals surface area contributed by atoms with E-state index in [1.807, 2.05) is 49.4 Å². The first kappa shape index (κ1) is 19.7. The summed E-state index contributed by atoms with van der Waals surface area (Å²) < 4.78 is 7.34. The lowest BCUT2D eigenvalue weighted by Crippen LogP contribution is -2.30. The lowest BCUT2D eigenvalue weighted by Gasteiger charge is -2.17. The fourth-order valence-corrected chi connectivity index (χ4v) is 4.31. The summed E-state index contributed by atoms with van der Waals surface area (Å²) in [7, 11) is 0. The van der Waals surface area contributed by atoms with E-state index in [1.165, 1.54) is 24.6 Å². The summed E-state index contributed by atoms with van der Waals surface area (Å²) >= 11 is 1.42. The highest BCUT2D eigenvalue weighted by molar-refractivity contribution is 8.00. The van der Waals surface area contributed by atoms with Gasteiger partial charge in [0.25, 0.3) is 0 Å². The second-order valence-electron chi connectivity index (χ2n) is 7.11. The van der Waals surface area contributed by atoms with Crippen molar-refractivity contribution in [2.45, 2.75) is 43.3 Å². The van der Waals surface area contributed by atoms with Crippen LogP contribution < -0.4 is 5.32 Å². The highest BCUT2D eigenvalue weighted by Crippen LogP contribution is 2.27. The quantitative estimate of drug-likeness (QED) is 0.574. The topological polar surface area (TPSA) is 76.2 Å². The first-order valence-corrected chi connectivity index (χ1v) is 10.8. The molecule has 0 radical (unpaired) electrons. The number of hydrogen-bond acceptors (Lipinski definition) is 6. The molecule has 1 aromatic carbocycles. The lowest BCUT2D eigenvalue weighted by molar-refractivity contribution is -0.120. The van der Waals surface area contributed by atoms with Crippen LogP contribution in [-0.4, -0.2) is 43.9 Å². The predicted molar refractivity (Wildman–Crippen MR) is 112 cm³/mol. The summed E-state index contributed by atoms with van der Waals surface area (Å²) in [5.74, 6) is 1.58. The smallest absolute Gasteiger partial charge is 0.233 e. The van der Waals surface area contributed by atoms with E-state index >= 15 is 0 Å². The van der Waals surface area contributed by atoms with Crippen LogP contribution in [-0.2, 0) is 17.9 Å². The van der Waals surface area contributed by atoms with Crippen molar-refractivity contribution in [2.24, 2.45) is 0 Å². The molecule has 0 bridgehead atoms. The van der Waals surface area contributed by atoms with Crippen LogP contribution in [0.25, 0.3) is 5.69 Å². The summed E-state index contributed by atoms with van der Waals surface area (Å²) in [6, 6.07) is 13.7. The molecule has 0 spiro atoms. The molecule has 1 fully saturated rings. The number of aromatic nitrogens is 3. The number of carbonyl (C=O) groups is 1. The van der Waals surface area contributed by atoms with E-state index in [0.717, 1.165) is 42.1 Å². The molecule has 3 aromatic rings. The minimum Gasteiger partial charge on any atom is -0.467 e. The zero-order chi connectivity index (χ0) is 20.1. The number of likely N-dealkylation sites (tertiary alicyclic amines) is 1. The van der Waals surface area contributed by atoms with Crippen LogP contribution in [0.15, 0.2) is 58.3 Å². The molecule has 1 amide bonds. The molecule has 1 atom stereocenters. The van der Waals surface area contributed by atoms with Crippen molar-refractivity contribution in [3.63, 3.8) is 0 Å². The van der Waals surface area contributed by atoms with Crippen molar-refractivity contribution < 1.29 is 9.21 Å². The minimum absolute atomic E-state index is 0.0601. The van der Waals surface area contributed by atoms with Crippen molar-refractivity contribution in [3.05, 3.63) is 60.3 Å². The monoisotopic (exact) mass is 411 g/mol. The molecule has 0 aliphatic carbocycles. The molecule has 29 heavy (non-hydrogen) atoms. The van der Waals surface area contributed by atoms with Gasteiger partial charge >= 0.3 is 0 Å². The fourth-order valence-electron chi connectivity index (χ4n) is 3.40. The fraction of sp³-hybridized carbons (Fsp3) is 0.381. The Morgan fingerprint density at radius 2 is 1.97 bits per heavy atom. The third-order valence-electron chi connectivity index (χ3n) is 4.95. The molecule has 1 aliphatic rings. The van der Waals surface area contributed by atoms with Gasteiger partial charge in [0, 0.05) is 5.69 Å². The summed E-state index contributed by atoms with van der Waals surface area (Å²) in [6.07, 6.45) is 4.06. The number of furan rings is 1.